The summed E-state index contributed by atoms with van der Waals surface area (Å²) in [6, 6.07) is 10.1. The molecule has 0 bridgehead atoms. The molecule has 1 amide bonds. The summed E-state index contributed by atoms with van der Waals surface area (Å²) in [5.74, 6) is 1.36. The molecule has 1 atom stereocenters. The maximum Gasteiger partial charge on any atom is 0.341 e. The average Bonchev–Trinajstić information content (AvgIpc) is 2.99. The lowest BCUT2D eigenvalue weighted by Gasteiger charge is -2.18. The van der Waals surface area contributed by atoms with Gasteiger partial charge in [0, 0.05) is 10.6 Å². The van der Waals surface area contributed by atoms with E-state index in [1.807, 2.05) is 18.2 Å². The Morgan fingerprint density at radius 1 is 1.30 bits per heavy atom. The smallest absolute Gasteiger partial charge is 0.341 e. The minimum absolute atomic E-state index is 0.0758. The summed E-state index contributed by atoms with van der Waals surface area (Å²) in [7, 11) is 0. The second-order valence-corrected chi connectivity index (χ2v) is 8.89. The number of rotatable bonds is 7. The number of carbonyl (C=O) groups excluding carboxylic acids is 2. The quantitative estimate of drug-likeness (QED) is 0.667. The van der Waals surface area contributed by atoms with Crippen molar-refractivity contribution in [3.8, 4) is 0 Å². The number of esters is 1. The minimum atomic E-state index is -0.322. The van der Waals surface area contributed by atoms with Gasteiger partial charge in [-0.15, -0.1) is 23.1 Å². The van der Waals surface area contributed by atoms with Gasteiger partial charge in [0.25, 0.3) is 0 Å². The Kier molecular flexibility index (Phi) is 6.96. The van der Waals surface area contributed by atoms with Crippen molar-refractivity contribution in [2.75, 3.05) is 17.7 Å². The van der Waals surface area contributed by atoms with Gasteiger partial charge in [-0.25, -0.2) is 4.79 Å². The van der Waals surface area contributed by atoms with Gasteiger partial charge in [-0.1, -0.05) is 37.3 Å². The Morgan fingerprint density at radius 3 is 2.81 bits per heavy atom. The van der Waals surface area contributed by atoms with Gasteiger partial charge in [-0.05, 0) is 43.2 Å². The van der Waals surface area contributed by atoms with E-state index < -0.39 is 0 Å². The van der Waals surface area contributed by atoms with Gasteiger partial charge in [-0.3, -0.25) is 4.79 Å². The van der Waals surface area contributed by atoms with Crippen LogP contribution in [0.15, 0.2) is 30.3 Å². The first kappa shape index (κ1) is 20.0. The zero-order valence-corrected chi connectivity index (χ0v) is 17.4. The van der Waals surface area contributed by atoms with Crippen LogP contribution in [0.25, 0.3) is 0 Å². The number of fused-ring (bicyclic) bond motifs is 1. The van der Waals surface area contributed by atoms with Gasteiger partial charge in [0.15, 0.2) is 0 Å². The highest BCUT2D eigenvalue weighted by atomic mass is 32.2. The second-order valence-electron chi connectivity index (χ2n) is 6.80. The minimum Gasteiger partial charge on any atom is -0.462 e. The highest BCUT2D eigenvalue weighted by molar-refractivity contribution is 7.99. The van der Waals surface area contributed by atoms with Crippen molar-refractivity contribution in [1.82, 2.24) is 0 Å². The van der Waals surface area contributed by atoms with Gasteiger partial charge >= 0.3 is 5.97 Å². The first-order valence-corrected chi connectivity index (χ1v) is 11.3. The van der Waals surface area contributed by atoms with E-state index in [1.54, 1.807) is 18.7 Å². The molecule has 3 rings (SSSR count). The molecule has 6 heteroatoms. The summed E-state index contributed by atoms with van der Waals surface area (Å²) in [6.07, 6.45) is 2.90. The van der Waals surface area contributed by atoms with Crippen LogP contribution >= 0.6 is 23.1 Å². The van der Waals surface area contributed by atoms with Crippen LogP contribution in [0, 0.1) is 5.92 Å². The fourth-order valence-electron chi connectivity index (χ4n) is 3.26. The third-order valence-corrected chi connectivity index (χ3v) is 6.76. The molecule has 0 aliphatic heterocycles. The number of thioether (sulfide) groups is 1. The van der Waals surface area contributed by atoms with E-state index >= 15 is 0 Å². The van der Waals surface area contributed by atoms with Crippen molar-refractivity contribution in [3.63, 3.8) is 0 Å². The fraction of sp³-hybridized carbons (Fsp3) is 0.429. The van der Waals surface area contributed by atoms with Crippen molar-refractivity contribution in [2.24, 2.45) is 5.92 Å². The average molecular weight is 404 g/mol. The Bertz CT molecular complexity index is 801. The third kappa shape index (κ3) is 5.14. The molecule has 0 saturated carbocycles. The summed E-state index contributed by atoms with van der Waals surface area (Å²) in [5.41, 5.74) is 2.84. The number of anilines is 1. The molecule has 0 unspecified atom stereocenters. The molecule has 1 N–H and O–H groups in total. The highest BCUT2D eigenvalue weighted by Gasteiger charge is 2.29. The van der Waals surface area contributed by atoms with Crippen LogP contribution in [0.1, 0.15) is 46.6 Å². The van der Waals surface area contributed by atoms with Gasteiger partial charge in [0.05, 0.1) is 17.9 Å². The Balaban J connectivity index is 1.67. The maximum atomic E-state index is 12.5. The molecule has 0 radical (unpaired) electrons. The van der Waals surface area contributed by atoms with Crippen molar-refractivity contribution < 1.29 is 14.3 Å². The fourth-order valence-corrected chi connectivity index (χ4v) is 5.46. The van der Waals surface area contributed by atoms with Gasteiger partial charge in [-0.2, -0.15) is 0 Å². The molecule has 1 heterocycles. The topological polar surface area (TPSA) is 55.4 Å². The zero-order valence-electron chi connectivity index (χ0n) is 15.7. The molecule has 1 aliphatic rings. The van der Waals surface area contributed by atoms with Gasteiger partial charge in [0.2, 0.25) is 5.91 Å². The molecule has 2 aromatic rings. The molecule has 0 saturated heterocycles. The number of thiophene rings is 1. The van der Waals surface area contributed by atoms with E-state index in [4.69, 9.17) is 4.74 Å². The molecule has 4 nitrogen and oxygen atoms in total. The van der Waals surface area contributed by atoms with Gasteiger partial charge in [0.1, 0.15) is 5.00 Å². The van der Waals surface area contributed by atoms with Crippen molar-refractivity contribution in [2.45, 2.75) is 38.9 Å². The Labute approximate surface area is 168 Å². The molecule has 1 aliphatic carbocycles. The van der Waals surface area contributed by atoms with Crippen molar-refractivity contribution in [3.05, 3.63) is 51.9 Å². The molecule has 1 aromatic heterocycles. The normalized spacial score (nSPS) is 15.9. The predicted octanol–water partition coefficient (Wildman–Crippen LogP) is 4.92. The van der Waals surface area contributed by atoms with E-state index in [2.05, 4.69) is 24.4 Å². The lowest BCUT2D eigenvalue weighted by molar-refractivity contribution is -0.113. The number of hydrogen-bond donors (Lipinski definition) is 1. The van der Waals surface area contributed by atoms with E-state index in [-0.39, 0.29) is 11.9 Å². The summed E-state index contributed by atoms with van der Waals surface area (Å²) < 4.78 is 5.25. The zero-order chi connectivity index (χ0) is 19.2. The largest absolute Gasteiger partial charge is 0.462 e. The monoisotopic (exact) mass is 403 g/mol. The van der Waals surface area contributed by atoms with Crippen LogP contribution < -0.4 is 5.32 Å². The van der Waals surface area contributed by atoms with Crippen LogP contribution in [0.4, 0.5) is 5.00 Å². The molecular weight excluding hydrogens is 378 g/mol. The van der Waals surface area contributed by atoms with Crippen LogP contribution in [-0.2, 0) is 28.1 Å². The van der Waals surface area contributed by atoms with Crippen LogP contribution in [0.2, 0.25) is 0 Å². The number of amides is 1. The first-order chi connectivity index (χ1) is 13.1. The Hall–Kier alpha value is -1.79. The standard InChI is InChI=1S/C21H25NO3S2/c1-3-25-21(24)19-16-10-9-14(2)11-17(16)27-20(19)22-18(23)13-26-12-15-7-5-4-6-8-15/h4-8,14H,3,9-13H2,1-2H3,(H,22,23)/t14-/m0/s1. The number of carbonyl (C=O) groups is 2. The van der Waals surface area contributed by atoms with Crippen molar-refractivity contribution >= 4 is 40.0 Å². The number of nitrogens with one attached hydrogen (secondary N) is 1. The summed E-state index contributed by atoms with van der Waals surface area (Å²) in [5, 5.41) is 3.62. The summed E-state index contributed by atoms with van der Waals surface area (Å²) in [4.78, 5) is 26.1. The highest BCUT2D eigenvalue weighted by Crippen LogP contribution is 2.40. The molecule has 1 aromatic carbocycles. The second kappa shape index (κ2) is 9.42. The first-order valence-electron chi connectivity index (χ1n) is 9.31. The van der Waals surface area contributed by atoms with E-state index in [0.717, 1.165) is 30.6 Å². The van der Waals surface area contributed by atoms with E-state index in [0.29, 0.717) is 28.8 Å². The summed E-state index contributed by atoms with van der Waals surface area (Å²) in [6.45, 7) is 4.36. The number of ether oxygens (including phenoxy) is 1. The molecule has 144 valence electrons. The number of hydrogen-bond acceptors (Lipinski definition) is 5. The van der Waals surface area contributed by atoms with Crippen molar-refractivity contribution in [1.29, 1.82) is 0 Å². The molecule has 0 spiro atoms. The third-order valence-electron chi connectivity index (χ3n) is 4.59. The van der Waals surface area contributed by atoms with E-state index in [9.17, 15) is 9.59 Å². The molecular formula is C21H25NO3S2. The van der Waals surface area contributed by atoms with Crippen LogP contribution in [0.5, 0.6) is 0 Å². The molecule has 27 heavy (non-hydrogen) atoms. The SMILES string of the molecule is CCOC(=O)c1c(NC(=O)CSCc2ccccc2)sc2c1CC[C@H](C)C2. The number of benzene rings is 1. The lowest BCUT2D eigenvalue weighted by Crippen LogP contribution is -2.17. The van der Waals surface area contributed by atoms with E-state index in [1.165, 1.54) is 21.8 Å². The summed E-state index contributed by atoms with van der Waals surface area (Å²) >= 11 is 3.11. The van der Waals surface area contributed by atoms with Crippen LogP contribution in [-0.4, -0.2) is 24.2 Å². The Morgan fingerprint density at radius 2 is 2.07 bits per heavy atom. The van der Waals surface area contributed by atoms with Crippen LogP contribution in [0.3, 0.4) is 0 Å². The maximum absolute atomic E-state index is 12.5. The predicted molar refractivity (Wildman–Crippen MR) is 113 cm³/mol. The lowest BCUT2D eigenvalue weighted by atomic mass is 9.88. The molecule has 0 fully saturated rings. The van der Waals surface area contributed by atoms with Gasteiger partial charge < -0.3 is 10.1 Å².